The molecular formula is C13H17N5O2. The van der Waals surface area contributed by atoms with E-state index in [0.29, 0.717) is 18.3 Å². The molecule has 1 aliphatic heterocycles. The fraction of sp³-hybridized carbons (Fsp3) is 0.538. The average molecular weight is 275 g/mol. The molecule has 0 saturated carbocycles. The molecule has 2 N–H and O–H groups in total. The van der Waals surface area contributed by atoms with Gasteiger partial charge in [-0.15, -0.1) is 0 Å². The highest BCUT2D eigenvalue weighted by atomic mass is 16.6. The van der Waals surface area contributed by atoms with E-state index in [0.717, 1.165) is 19.4 Å². The number of rotatable bonds is 3. The van der Waals surface area contributed by atoms with Crippen LogP contribution in [0.25, 0.3) is 0 Å². The molecule has 0 spiro atoms. The maximum Gasteiger partial charge on any atom is 0.289 e. The van der Waals surface area contributed by atoms with E-state index < -0.39 is 4.92 Å². The van der Waals surface area contributed by atoms with Gasteiger partial charge in [0.15, 0.2) is 0 Å². The van der Waals surface area contributed by atoms with Crippen LogP contribution in [0.4, 0.5) is 11.5 Å². The summed E-state index contributed by atoms with van der Waals surface area (Å²) in [6.07, 6.45) is 3.29. The Bertz CT molecular complexity index is 554. The van der Waals surface area contributed by atoms with Gasteiger partial charge in [0.1, 0.15) is 23.6 Å². The minimum Gasteiger partial charge on any atom is -0.351 e. The fourth-order valence-electron chi connectivity index (χ4n) is 2.73. The highest BCUT2D eigenvalue weighted by molar-refractivity contribution is 5.58. The predicted octanol–water partition coefficient (Wildman–Crippen LogP) is 1.43. The van der Waals surface area contributed by atoms with E-state index in [9.17, 15) is 15.4 Å². The van der Waals surface area contributed by atoms with Crippen LogP contribution in [0.15, 0.2) is 12.3 Å². The van der Waals surface area contributed by atoms with Crippen molar-refractivity contribution in [3.05, 3.63) is 27.9 Å². The van der Waals surface area contributed by atoms with Crippen molar-refractivity contribution in [2.75, 3.05) is 18.0 Å². The molecule has 106 valence electrons. The van der Waals surface area contributed by atoms with E-state index in [2.05, 4.69) is 11.9 Å². The lowest BCUT2D eigenvalue weighted by Gasteiger charge is -2.40. The summed E-state index contributed by atoms with van der Waals surface area (Å²) < 4.78 is 0. The highest BCUT2D eigenvalue weighted by Gasteiger charge is 2.30. The summed E-state index contributed by atoms with van der Waals surface area (Å²) in [6, 6.07) is 3.39. The third kappa shape index (κ3) is 2.56. The molecule has 7 nitrogen and oxygen atoms in total. The second-order valence-corrected chi connectivity index (χ2v) is 5.05. The van der Waals surface area contributed by atoms with Gasteiger partial charge >= 0.3 is 0 Å². The van der Waals surface area contributed by atoms with Crippen molar-refractivity contribution in [1.29, 1.82) is 5.26 Å². The minimum absolute atomic E-state index is 0.116. The number of nitrogens with zero attached hydrogens (tertiary/aromatic N) is 4. The number of piperidine rings is 1. The van der Waals surface area contributed by atoms with Crippen molar-refractivity contribution in [1.82, 2.24) is 4.98 Å². The molecule has 1 saturated heterocycles. The van der Waals surface area contributed by atoms with Crippen molar-refractivity contribution < 1.29 is 4.92 Å². The van der Waals surface area contributed by atoms with Gasteiger partial charge in [0.2, 0.25) is 0 Å². The first kappa shape index (κ1) is 14.2. The maximum absolute atomic E-state index is 10.8. The summed E-state index contributed by atoms with van der Waals surface area (Å²) in [6.45, 7) is 3.37. The average Bonchev–Trinajstić information content (AvgIpc) is 2.46. The number of pyridine rings is 1. The number of nitro groups is 1. The largest absolute Gasteiger partial charge is 0.351 e. The molecule has 2 atom stereocenters. The standard InChI is InChI=1S/C13H17N5O2/c1-9-3-2-4-17(12(9)7-15)13-10(6-14)5-11(8-16-13)18(19)20/h5,8-9,12H,2-4,7,15H2,1H3. The maximum atomic E-state index is 10.8. The third-order valence-corrected chi connectivity index (χ3v) is 3.81. The quantitative estimate of drug-likeness (QED) is 0.660. The molecule has 20 heavy (non-hydrogen) atoms. The lowest BCUT2D eigenvalue weighted by Crippen LogP contribution is -2.49. The zero-order valence-electron chi connectivity index (χ0n) is 11.3. The molecule has 0 radical (unpaired) electrons. The monoisotopic (exact) mass is 275 g/mol. The second-order valence-electron chi connectivity index (χ2n) is 5.05. The van der Waals surface area contributed by atoms with E-state index >= 15 is 0 Å². The fourth-order valence-corrected chi connectivity index (χ4v) is 2.73. The van der Waals surface area contributed by atoms with Gasteiger partial charge in [-0.3, -0.25) is 10.1 Å². The molecule has 1 aliphatic rings. The summed E-state index contributed by atoms with van der Waals surface area (Å²) in [5.74, 6) is 0.914. The predicted molar refractivity (Wildman–Crippen MR) is 74.2 cm³/mol. The summed E-state index contributed by atoms with van der Waals surface area (Å²) in [5, 5.41) is 20.0. The van der Waals surface area contributed by atoms with Crippen LogP contribution >= 0.6 is 0 Å². The Morgan fingerprint density at radius 1 is 1.70 bits per heavy atom. The molecule has 1 fully saturated rings. The number of hydrogen-bond acceptors (Lipinski definition) is 6. The Kier molecular flexibility index (Phi) is 4.15. The van der Waals surface area contributed by atoms with Crippen LogP contribution in [0.3, 0.4) is 0 Å². The van der Waals surface area contributed by atoms with Crippen LogP contribution in [0.2, 0.25) is 0 Å². The minimum atomic E-state index is -0.545. The van der Waals surface area contributed by atoms with Crippen LogP contribution in [-0.4, -0.2) is 29.0 Å². The van der Waals surface area contributed by atoms with Gasteiger partial charge in [0.25, 0.3) is 5.69 Å². The molecule has 0 amide bonds. The first-order valence-corrected chi connectivity index (χ1v) is 6.59. The lowest BCUT2D eigenvalue weighted by atomic mass is 9.90. The molecule has 0 aromatic carbocycles. The van der Waals surface area contributed by atoms with Crippen LogP contribution in [-0.2, 0) is 0 Å². The summed E-state index contributed by atoms with van der Waals surface area (Å²) in [7, 11) is 0. The number of nitrogens with two attached hydrogens (primary N) is 1. The smallest absolute Gasteiger partial charge is 0.289 e. The van der Waals surface area contributed by atoms with Gasteiger partial charge in [-0.05, 0) is 18.8 Å². The SMILES string of the molecule is CC1CCCN(c2ncc([N+](=O)[O-])cc2C#N)C1CN. The first-order chi connectivity index (χ1) is 9.58. The zero-order valence-corrected chi connectivity index (χ0v) is 11.3. The lowest BCUT2D eigenvalue weighted by molar-refractivity contribution is -0.385. The van der Waals surface area contributed by atoms with E-state index in [1.54, 1.807) is 0 Å². The van der Waals surface area contributed by atoms with Gasteiger partial charge in [-0.25, -0.2) is 4.98 Å². The molecule has 0 aliphatic carbocycles. The van der Waals surface area contributed by atoms with Crippen molar-refractivity contribution in [3.63, 3.8) is 0 Å². The molecule has 1 aromatic heterocycles. The Hall–Kier alpha value is -2.20. The number of aromatic nitrogens is 1. The third-order valence-electron chi connectivity index (χ3n) is 3.81. The van der Waals surface area contributed by atoms with Crippen LogP contribution in [0, 0.1) is 27.4 Å². The Balaban J connectivity index is 2.41. The van der Waals surface area contributed by atoms with Crippen molar-refractivity contribution in [2.24, 2.45) is 11.7 Å². The molecule has 2 unspecified atom stereocenters. The van der Waals surface area contributed by atoms with Crippen LogP contribution in [0.5, 0.6) is 0 Å². The number of hydrogen-bond donors (Lipinski definition) is 1. The summed E-state index contributed by atoms with van der Waals surface area (Å²) in [4.78, 5) is 16.4. The highest BCUT2D eigenvalue weighted by Crippen LogP contribution is 2.30. The van der Waals surface area contributed by atoms with E-state index in [1.807, 2.05) is 11.0 Å². The number of nitriles is 1. The molecule has 1 aromatic rings. The zero-order chi connectivity index (χ0) is 14.7. The molecule has 7 heteroatoms. The molecule has 2 heterocycles. The van der Waals surface area contributed by atoms with Crippen LogP contribution in [0.1, 0.15) is 25.3 Å². The molecular weight excluding hydrogens is 258 g/mol. The van der Waals surface area contributed by atoms with Gasteiger partial charge in [0.05, 0.1) is 4.92 Å². The Morgan fingerprint density at radius 3 is 3.05 bits per heavy atom. The van der Waals surface area contributed by atoms with Gasteiger partial charge in [-0.1, -0.05) is 6.92 Å². The van der Waals surface area contributed by atoms with Gasteiger partial charge < -0.3 is 10.6 Å². The van der Waals surface area contributed by atoms with E-state index in [1.165, 1.54) is 12.3 Å². The Morgan fingerprint density at radius 2 is 2.45 bits per heavy atom. The molecule has 2 rings (SSSR count). The first-order valence-electron chi connectivity index (χ1n) is 6.59. The van der Waals surface area contributed by atoms with Crippen molar-refractivity contribution in [2.45, 2.75) is 25.8 Å². The number of anilines is 1. The Labute approximate surface area is 117 Å². The second kappa shape index (κ2) is 5.84. The topological polar surface area (TPSA) is 109 Å². The van der Waals surface area contributed by atoms with Crippen molar-refractivity contribution in [3.8, 4) is 6.07 Å². The van der Waals surface area contributed by atoms with E-state index in [-0.39, 0.29) is 17.3 Å². The van der Waals surface area contributed by atoms with Crippen molar-refractivity contribution >= 4 is 11.5 Å². The normalized spacial score (nSPS) is 22.4. The van der Waals surface area contributed by atoms with E-state index in [4.69, 9.17) is 5.73 Å². The van der Waals surface area contributed by atoms with Gasteiger partial charge in [0, 0.05) is 25.2 Å². The van der Waals surface area contributed by atoms with Crippen LogP contribution < -0.4 is 10.6 Å². The van der Waals surface area contributed by atoms with Gasteiger partial charge in [-0.2, -0.15) is 5.26 Å². The molecule has 0 bridgehead atoms. The summed E-state index contributed by atoms with van der Waals surface area (Å²) >= 11 is 0. The summed E-state index contributed by atoms with van der Waals surface area (Å²) in [5.41, 5.74) is 5.89.